The Morgan fingerprint density at radius 2 is 0.651 bits per heavy atom. The molecule has 0 fully saturated rings. The molecule has 6 aromatic rings. The lowest BCUT2D eigenvalue weighted by molar-refractivity contribution is 0.361. The average molecular weight is 972 g/mol. The van der Waals surface area contributed by atoms with Gasteiger partial charge < -0.3 is 4.74 Å². The van der Waals surface area contributed by atoms with Crippen molar-refractivity contribution in [2.75, 3.05) is 0 Å². The number of halogens is 18. The van der Waals surface area contributed by atoms with Crippen LogP contribution in [-0.4, -0.2) is 0 Å². The number of alkyl halides is 1. The first-order chi connectivity index (χ1) is 29.2. The van der Waals surface area contributed by atoms with E-state index in [9.17, 15) is 39.5 Å². The van der Waals surface area contributed by atoms with Gasteiger partial charge in [-0.25, -0.2) is 65.9 Å². The molecule has 0 N–H and O–H groups in total. The van der Waals surface area contributed by atoms with E-state index >= 15 is 35.1 Å². The highest BCUT2D eigenvalue weighted by atomic mass is 79.9. The van der Waals surface area contributed by atoms with E-state index in [0.717, 1.165) is 0 Å². The smallest absolute Gasteiger partial charge is 0.205 e. The van der Waals surface area contributed by atoms with Crippen molar-refractivity contribution in [2.24, 2.45) is 0 Å². The number of aryl methyl sites for hydroxylation is 3. The highest BCUT2D eigenvalue weighted by molar-refractivity contribution is 9.08. The first-order valence-corrected chi connectivity index (χ1v) is 18.9. The lowest BCUT2D eigenvalue weighted by atomic mass is 9.75. The Morgan fingerprint density at radius 1 is 0.365 bits per heavy atom. The molecule has 0 atom stereocenters. The Bertz CT molecular complexity index is 2820. The van der Waals surface area contributed by atoms with E-state index in [1.54, 1.807) is 13.8 Å². The van der Waals surface area contributed by atoms with Crippen LogP contribution in [0.5, 0.6) is 11.5 Å². The molecule has 0 aliphatic carbocycles. The van der Waals surface area contributed by atoms with Crippen LogP contribution in [0.25, 0.3) is 33.4 Å². The summed E-state index contributed by atoms with van der Waals surface area (Å²) in [5.74, 6) is -43.5. The number of rotatable bonds is 8. The summed E-state index contributed by atoms with van der Waals surface area (Å²) in [6, 6.07) is 5.47. The van der Waals surface area contributed by atoms with Crippen LogP contribution in [0.2, 0.25) is 0 Å². The van der Waals surface area contributed by atoms with Crippen LogP contribution in [0.4, 0.5) is 74.6 Å². The summed E-state index contributed by atoms with van der Waals surface area (Å²) in [5.41, 5.74) is -12.0. The quantitative estimate of drug-likeness (QED) is 0.0639. The van der Waals surface area contributed by atoms with Crippen LogP contribution in [0.1, 0.15) is 52.8 Å². The summed E-state index contributed by atoms with van der Waals surface area (Å²) in [7, 11) is 0. The third-order valence-corrected chi connectivity index (χ3v) is 11.2. The molecule has 6 rings (SSSR count). The summed E-state index contributed by atoms with van der Waals surface area (Å²) >= 11 is 3.16. The van der Waals surface area contributed by atoms with Crippen LogP contribution in [0.3, 0.4) is 0 Å². The number of hydrogen-bond donors (Lipinski definition) is 0. The second-order valence-corrected chi connectivity index (χ2v) is 15.4. The fraction of sp³-hybridized carbons (Fsp3) is 0.182. The Morgan fingerprint density at radius 3 is 1.03 bits per heavy atom. The van der Waals surface area contributed by atoms with Gasteiger partial charge in [0.25, 0.3) is 0 Å². The standard InChI is InChI=1S/C44H24BrF17O/c1-12-7-18(10-16(11-45)19(12)20-29(50)31(52)22(32(53)30(20)51)21-27(48)25(46)15(4)26(47)28(21)49)44(5,6)17-8-13(2)42(14(3)9-17)63-43-40(61)35(56)24(36(57)41(43)62)23-33(54)37(58)39(60)38(59)34(23)55/h7-10H,11H2,1-6H3. The highest BCUT2D eigenvalue weighted by Crippen LogP contribution is 2.46. The van der Waals surface area contributed by atoms with Crippen molar-refractivity contribution >= 4 is 15.9 Å². The molecular formula is C44H24BrF17O. The molecule has 0 saturated carbocycles. The van der Waals surface area contributed by atoms with Crippen molar-refractivity contribution < 1.29 is 79.4 Å². The molecule has 1 nitrogen and oxygen atoms in total. The molecule has 0 aliphatic heterocycles. The van der Waals surface area contributed by atoms with E-state index in [1.807, 2.05) is 0 Å². The van der Waals surface area contributed by atoms with Gasteiger partial charge in [0.15, 0.2) is 81.4 Å². The maximum atomic E-state index is 15.9. The van der Waals surface area contributed by atoms with Crippen molar-refractivity contribution in [1.29, 1.82) is 0 Å². The van der Waals surface area contributed by atoms with E-state index in [2.05, 4.69) is 15.9 Å². The molecule has 0 bridgehead atoms. The summed E-state index contributed by atoms with van der Waals surface area (Å²) in [4.78, 5) is 0. The van der Waals surface area contributed by atoms with Crippen LogP contribution in [-0.2, 0) is 10.7 Å². The minimum absolute atomic E-state index is 0.00932. The minimum Gasteiger partial charge on any atom is -0.450 e. The van der Waals surface area contributed by atoms with Gasteiger partial charge in [-0.3, -0.25) is 0 Å². The van der Waals surface area contributed by atoms with E-state index < -0.39 is 155 Å². The second kappa shape index (κ2) is 16.5. The molecule has 0 spiro atoms. The third kappa shape index (κ3) is 7.19. The van der Waals surface area contributed by atoms with Gasteiger partial charge in [0.1, 0.15) is 5.75 Å². The topological polar surface area (TPSA) is 9.23 Å². The second-order valence-electron chi connectivity index (χ2n) is 14.8. The largest absolute Gasteiger partial charge is 0.450 e. The predicted octanol–water partition coefficient (Wildman–Crippen LogP) is 15.3. The summed E-state index contributed by atoms with van der Waals surface area (Å²) < 4.78 is 258. The summed E-state index contributed by atoms with van der Waals surface area (Å²) in [6.07, 6.45) is 0. The molecular weight excluding hydrogens is 947 g/mol. The number of benzene rings is 6. The molecule has 0 saturated heterocycles. The van der Waals surface area contributed by atoms with Gasteiger partial charge in [-0.05, 0) is 66.6 Å². The van der Waals surface area contributed by atoms with Crippen molar-refractivity contribution in [2.45, 2.75) is 52.3 Å². The van der Waals surface area contributed by atoms with Gasteiger partial charge in [-0.1, -0.05) is 54.0 Å². The predicted molar refractivity (Wildman–Crippen MR) is 199 cm³/mol. The molecule has 332 valence electrons. The van der Waals surface area contributed by atoms with Crippen LogP contribution >= 0.6 is 15.9 Å². The Labute approximate surface area is 353 Å². The Balaban J connectivity index is 1.42. The first-order valence-electron chi connectivity index (χ1n) is 17.8. The highest BCUT2D eigenvalue weighted by Gasteiger charge is 2.38. The Hall–Kier alpha value is -5.59. The van der Waals surface area contributed by atoms with E-state index in [1.165, 1.54) is 45.0 Å². The molecule has 0 aliphatic rings. The van der Waals surface area contributed by atoms with Crippen molar-refractivity contribution in [1.82, 2.24) is 0 Å². The number of hydrogen-bond acceptors (Lipinski definition) is 1. The molecule has 0 aromatic heterocycles. The van der Waals surface area contributed by atoms with Crippen molar-refractivity contribution in [3.05, 3.63) is 162 Å². The normalized spacial score (nSPS) is 11.9. The zero-order valence-corrected chi connectivity index (χ0v) is 34.3. The average Bonchev–Trinajstić information content (AvgIpc) is 3.24. The maximum Gasteiger partial charge on any atom is 0.205 e. The first kappa shape index (κ1) is 46.9. The maximum absolute atomic E-state index is 15.9. The van der Waals surface area contributed by atoms with Gasteiger partial charge in [0, 0.05) is 16.3 Å². The van der Waals surface area contributed by atoms with Crippen molar-refractivity contribution in [3.63, 3.8) is 0 Å². The van der Waals surface area contributed by atoms with Gasteiger partial charge in [-0.2, -0.15) is 8.78 Å². The van der Waals surface area contributed by atoms with Gasteiger partial charge in [0.05, 0.1) is 27.8 Å². The van der Waals surface area contributed by atoms with E-state index in [4.69, 9.17) is 4.74 Å². The zero-order valence-electron chi connectivity index (χ0n) is 32.7. The molecule has 0 heterocycles. The lowest BCUT2D eigenvalue weighted by Crippen LogP contribution is -2.20. The summed E-state index contributed by atoms with van der Waals surface area (Å²) in [5, 5.41) is -0.243. The summed E-state index contributed by atoms with van der Waals surface area (Å²) in [6.45, 7) is 7.79. The van der Waals surface area contributed by atoms with Gasteiger partial charge in [-0.15, -0.1) is 0 Å². The van der Waals surface area contributed by atoms with Crippen LogP contribution in [0, 0.1) is 127 Å². The van der Waals surface area contributed by atoms with Crippen molar-refractivity contribution in [3.8, 4) is 44.9 Å². The zero-order chi connectivity index (χ0) is 47.2. The van der Waals surface area contributed by atoms with Crippen LogP contribution in [0.15, 0.2) is 24.3 Å². The molecule has 6 aromatic carbocycles. The fourth-order valence-corrected chi connectivity index (χ4v) is 7.64. The SMILES string of the molecule is Cc1cc(C(C)(C)c2cc(C)c(-c3c(F)c(F)c(-c4c(F)c(F)c(C)c(F)c4F)c(F)c3F)c(CBr)c2)cc(C)c1Oc1c(F)c(F)c(-c2c(F)c(F)c(F)c(F)c2F)c(F)c1F. The van der Waals surface area contributed by atoms with E-state index in [0.29, 0.717) is 18.1 Å². The lowest BCUT2D eigenvalue weighted by Gasteiger charge is -2.30. The Kier molecular flexibility index (Phi) is 12.3. The molecule has 63 heavy (non-hydrogen) atoms. The number of ether oxygens (including phenoxy) is 1. The monoisotopic (exact) mass is 970 g/mol. The molecule has 0 radical (unpaired) electrons. The molecule has 0 amide bonds. The van der Waals surface area contributed by atoms with E-state index in [-0.39, 0.29) is 27.6 Å². The fourth-order valence-electron chi connectivity index (χ4n) is 7.20. The third-order valence-electron chi connectivity index (χ3n) is 10.6. The molecule has 0 unspecified atom stereocenters. The molecule has 19 heteroatoms. The van der Waals surface area contributed by atoms with Gasteiger partial charge >= 0.3 is 0 Å². The minimum atomic E-state index is -2.73. The van der Waals surface area contributed by atoms with Crippen LogP contribution < -0.4 is 4.74 Å². The van der Waals surface area contributed by atoms with Gasteiger partial charge in [0.2, 0.25) is 23.2 Å².